The quantitative estimate of drug-likeness (QED) is 0.162. The van der Waals surface area contributed by atoms with Crippen molar-refractivity contribution >= 4 is 29.9 Å². The zero-order valence-electron chi connectivity index (χ0n) is 29.7. The Morgan fingerprint density at radius 3 is 1.83 bits per heavy atom. The maximum atomic E-state index is 6.73. The van der Waals surface area contributed by atoms with E-state index in [0.717, 1.165) is 28.6 Å². The molecule has 2 saturated heterocycles. The van der Waals surface area contributed by atoms with Crippen LogP contribution in [0.1, 0.15) is 73.8 Å². The Bertz CT molecular complexity index is 1700. The molecule has 0 amide bonds. The zero-order chi connectivity index (χ0) is 34.5. The first-order chi connectivity index (χ1) is 22.6. The summed E-state index contributed by atoms with van der Waals surface area (Å²) in [4.78, 5) is 0. The Kier molecular flexibility index (Phi) is 9.55. The van der Waals surface area contributed by atoms with Crippen LogP contribution in [0.4, 0.5) is 0 Å². The molecule has 2 heterocycles. The first-order valence-corrected chi connectivity index (χ1v) is 17.8. The molecule has 0 aromatic heterocycles. The van der Waals surface area contributed by atoms with Crippen molar-refractivity contribution in [2.75, 3.05) is 7.11 Å². The van der Waals surface area contributed by atoms with Gasteiger partial charge >= 0.3 is 14.0 Å². The highest BCUT2D eigenvalue weighted by Gasteiger charge is 2.62. The van der Waals surface area contributed by atoms with Crippen molar-refractivity contribution in [3.05, 3.63) is 101 Å². The molecule has 48 heavy (non-hydrogen) atoms. The topological polar surface area (TPSA) is 46.2 Å². The Labute approximate surface area is 296 Å². The zero-order valence-corrected chi connectivity index (χ0v) is 31.3. The molecule has 2 atom stereocenters. The third-order valence-corrected chi connectivity index (χ3v) is 11.4. The van der Waals surface area contributed by atoms with E-state index >= 15 is 0 Å². The van der Waals surface area contributed by atoms with Crippen LogP contribution in [0, 0.1) is 0 Å². The van der Waals surface area contributed by atoms with E-state index in [9.17, 15) is 0 Å². The summed E-state index contributed by atoms with van der Waals surface area (Å²) in [5.41, 5.74) is 6.64. The molecule has 2 unspecified atom stereocenters. The molecule has 4 aromatic carbocycles. The van der Waals surface area contributed by atoms with Crippen molar-refractivity contribution in [1.29, 1.82) is 0 Å². The van der Waals surface area contributed by atoms with Crippen LogP contribution in [0.2, 0.25) is 0 Å². The molecule has 0 N–H and O–H groups in total. The van der Waals surface area contributed by atoms with Crippen molar-refractivity contribution in [3.63, 3.8) is 0 Å². The SMILES string of the molecule is COc1ccc(-c2c(-c3ccccc3)cc(C(C)(C)CCC3(C)OB(B4OC(C)C(C)(C)O4)OC3(C)C)cc2-c2ccccc2)cc1Br. The van der Waals surface area contributed by atoms with Crippen LogP contribution in [0.25, 0.3) is 33.4 Å². The lowest BCUT2D eigenvalue weighted by molar-refractivity contribution is -0.0201. The molecule has 250 valence electrons. The van der Waals surface area contributed by atoms with E-state index in [-0.39, 0.29) is 11.5 Å². The molecule has 0 aliphatic carbocycles. The number of hydrogen-bond acceptors (Lipinski definition) is 5. The van der Waals surface area contributed by atoms with Crippen molar-refractivity contribution in [2.24, 2.45) is 0 Å². The third-order valence-electron chi connectivity index (χ3n) is 10.8. The van der Waals surface area contributed by atoms with Gasteiger partial charge in [-0.25, -0.2) is 0 Å². The number of ether oxygens (including phenoxy) is 1. The van der Waals surface area contributed by atoms with Gasteiger partial charge in [0.15, 0.2) is 0 Å². The fourth-order valence-corrected chi connectivity index (χ4v) is 7.31. The van der Waals surface area contributed by atoms with Crippen molar-refractivity contribution in [2.45, 2.75) is 96.6 Å². The lowest BCUT2D eigenvalue weighted by Crippen LogP contribution is -2.45. The highest BCUT2D eigenvalue weighted by atomic mass is 79.9. The highest BCUT2D eigenvalue weighted by Crippen LogP contribution is 2.48. The Morgan fingerprint density at radius 1 is 0.750 bits per heavy atom. The van der Waals surface area contributed by atoms with Crippen LogP contribution >= 0.6 is 15.9 Å². The van der Waals surface area contributed by atoms with E-state index < -0.39 is 30.8 Å². The molecule has 2 aliphatic rings. The predicted molar refractivity (Wildman–Crippen MR) is 201 cm³/mol. The van der Waals surface area contributed by atoms with Gasteiger partial charge in [0.1, 0.15) is 5.75 Å². The molecular formula is C40H47B2BrO5. The predicted octanol–water partition coefficient (Wildman–Crippen LogP) is 10.4. The maximum absolute atomic E-state index is 6.73. The number of benzene rings is 4. The number of halogens is 1. The average molecular weight is 709 g/mol. The lowest BCUT2D eigenvalue weighted by atomic mass is 9.49. The molecule has 0 saturated carbocycles. The van der Waals surface area contributed by atoms with E-state index in [4.69, 9.17) is 23.4 Å². The van der Waals surface area contributed by atoms with E-state index in [1.807, 2.05) is 26.8 Å². The molecule has 2 aliphatic heterocycles. The van der Waals surface area contributed by atoms with E-state index in [1.54, 1.807) is 7.11 Å². The lowest BCUT2D eigenvalue weighted by Gasteiger charge is -2.39. The average Bonchev–Trinajstić information content (AvgIpc) is 3.48. The summed E-state index contributed by atoms with van der Waals surface area (Å²) in [5.74, 6) is 0.806. The van der Waals surface area contributed by atoms with Gasteiger partial charge in [-0.3, -0.25) is 0 Å². The van der Waals surface area contributed by atoms with Crippen molar-refractivity contribution in [1.82, 2.24) is 0 Å². The summed E-state index contributed by atoms with van der Waals surface area (Å²) in [6.45, 7) is 17.2. The third kappa shape index (κ3) is 6.67. The smallest absolute Gasteiger partial charge is 0.488 e. The minimum atomic E-state index is -0.588. The summed E-state index contributed by atoms with van der Waals surface area (Å²) >= 11 is 3.75. The van der Waals surface area contributed by atoms with E-state index in [1.165, 1.54) is 33.4 Å². The molecule has 2 fully saturated rings. The molecular weight excluding hydrogens is 662 g/mol. The standard InChI is InChI=1S/C40H47B2BrO5/c1-27-38(4,5)46-41(45-27)42-47-39(6,7)40(8,48-42)23-22-37(2,3)31-25-32(28-16-12-10-13-17-28)36(30-20-21-35(44-9)34(43)24-30)33(26-31)29-18-14-11-15-19-29/h10-21,24-27H,22-23H2,1-9H3. The van der Waals surface area contributed by atoms with Crippen LogP contribution in [0.15, 0.2) is 95.5 Å². The van der Waals surface area contributed by atoms with Gasteiger partial charge in [-0.1, -0.05) is 80.6 Å². The normalized spacial score (nSPS) is 21.9. The van der Waals surface area contributed by atoms with Gasteiger partial charge in [-0.15, -0.1) is 0 Å². The summed E-state index contributed by atoms with van der Waals surface area (Å²) in [6.07, 6.45) is 1.62. The van der Waals surface area contributed by atoms with Gasteiger partial charge in [-0.05, 0) is 139 Å². The van der Waals surface area contributed by atoms with Crippen LogP contribution in [0.5, 0.6) is 5.75 Å². The maximum Gasteiger partial charge on any atom is 0.488 e. The molecule has 4 aromatic rings. The van der Waals surface area contributed by atoms with Gasteiger partial charge in [0.05, 0.1) is 34.5 Å². The second-order valence-corrected chi connectivity index (χ2v) is 16.0. The number of rotatable bonds is 9. The van der Waals surface area contributed by atoms with Gasteiger partial charge < -0.3 is 23.4 Å². The Morgan fingerprint density at radius 2 is 1.33 bits per heavy atom. The van der Waals surface area contributed by atoms with E-state index in [2.05, 4.69) is 135 Å². The van der Waals surface area contributed by atoms with Gasteiger partial charge in [-0.2, -0.15) is 0 Å². The van der Waals surface area contributed by atoms with Gasteiger partial charge in [0, 0.05) is 0 Å². The Hall–Kier alpha value is -2.87. The monoisotopic (exact) mass is 708 g/mol. The minimum Gasteiger partial charge on any atom is -0.496 e. The number of methoxy groups -OCH3 is 1. The van der Waals surface area contributed by atoms with E-state index in [0.29, 0.717) is 0 Å². The van der Waals surface area contributed by atoms with Crippen LogP contribution in [-0.4, -0.2) is 44.0 Å². The molecule has 6 rings (SSSR count). The van der Waals surface area contributed by atoms with Gasteiger partial charge in [0.2, 0.25) is 0 Å². The van der Waals surface area contributed by atoms with Crippen LogP contribution in [-0.2, 0) is 24.0 Å². The van der Waals surface area contributed by atoms with Gasteiger partial charge in [0.25, 0.3) is 0 Å². The first-order valence-electron chi connectivity index (χ1n) is 17.0. The van der Waals surface area contributed by atoms with Crippen molar-refractivity contribution < 1.29 is 23.4 Å². The summed E-state index contributed by atoms with van der Waals surface area (Å²) in [6, 6.07) is 32.5. The second-order valence-electron chi connectivity index (χ2n) is 15.1. The molecule has 5 nitrogen and oxygen atoms in total. The fourth-order valence-electron chi connectivity index (χ4n) is 6.77. The summed E-state index contributed by atoms with van der Waals surface area (Å²) < 4.78 is 32.2. The second kappa shape index (κ2) is 13.1. The molecule has 0 bridgehead atoms. The van der Waals surface area contributed by atoms with Crippen molar-refractivity contribution in [3.8, 4) is 39.1 Å². The van der Waals surface area contributed by atoms with Crippen LogP contribution in [0.3, 0.4) is 0 Å². The minimum absolute atomic E-state index is 0.0526. The first kappa shape index (κ1) is 35.0. The Balaban J connectivity index is 1.40. The summed E-state index contributed by atoms with van der Waals surface area (Å²) in [5, 5.41) is 0. The molecule has 0 spiro atoms. The highest BCUT2D eigenvalue weighted by molar-refractivity contribution is 9.10. The number of hydrogen-bond donors (Lipinski definition) is 0. The summed E-state index contributed by atoms with van der Waals surface area (Å²) in [7, 11) is 0.551. The molecule has 8 heteroatoms. The largest absolute Gasteiger partial charge is 0.496 e. The van der Waals surface area contributed by atoms with Crippen LogP contribution < -0.4 is 4.74 Å². The fraction of sp³-hybridized carbons (Fsp3) is 0.400. The molecule has 0 radical (unpaired) electrons.